The number of carboxylic acids is 1. The third kappa shape index (κ3) is 2.94. The van der Waals surface area contributed by atoms with Crippen LogP contribution in [0.5, 0.6) is 5.75 Å². The molecule has 19 heavy (non-hydrogen) atoms. The number of ether oxygens (including phenoxy) is 1. The molecule has 0 aliphatic carbocycles. The van der Waals surface area contributed by atoms with Gasteiger partial charge < -0.3 is 15.2 Å². The van der Waals surface area contributed by atoms with Gasteiger partial charge in [-0.15, -0.1) is 0 Å². The van der Waals surface area contributed by atoms with E-state index in [4.69, 9.17) is 21.4 Å². The van der Waals surface area contributed by atoms with Gasteiger partial charge in [0.2, 0.25) is 0 Å². The number of aliphatic carboxylic acids is 1. The van der Waals surface area contributed by atoms with E-state index in [-0.39, 0.29) is 22.9 Å². The molecule has 0 atom stereocenters. The zero-order valence-electron chi connectivity index (χ0n) is 9.76. The van der Waals surface area contributed by atoms with Gasteiger partial charge in [-0.2, -0.15) is 0 Å². The predicted octanol–water partition coefficient (Wildman–Crippen LogP) is 1.44. The molecule has 1 heterocycles. The second-order valence-corrected chi connectivity index (χ2v) is 4.74. The first-order valence-corrected chi connectivity index (χ1v) is 5.85. The van der Waals surface area contributed by atoms with Crippen molar-refractivity contribution in [2.24, 2.45) is 0 Å². The van der Waals surface area contributed by atoms with E-state index in [0.717, 1.165) is 0 Å². The highest BCUT2D eigenvalue weighted by Crippen LogP contribution is 2.34. The Morgan fingerprint density at radius 2 is 2.26 bits per heavy atom. The van der Waals surface area contributed by atoms with Gasteiger partial charge in [0, 0.05) is 19.2 Å². The first-order chi connectivity index (χ1) is 8.92. The lowest BCUT2D eigenvalue weighted by atomic mass is 9.92. The van der Waals surface area contributed by atoms with Crippen molar-refractivity contribution in [1.82, 2.24) is 5.32 Å². The van der Waals surface area contributed by atoms with Gasteiger partial charge in [-0.1, -0.05) is 11.6 Å². The molecule has 0 bridgehead atoms. The summed E-state index contributed by atoms with van der Waals surface area (Å²) in [6, 6.07) is 3.82. The third-order valence-electron chi connectivity index (χ3n) is 2.82. The number of nitro benzene ring substituents is 1. The van der Waals surface area contributed by atoms with Crippen LogP contribution in [0.1, 0.15) is 6.42 Å². The quantitative estimate of drug-likeness (QED) is 0.627. The topological polar surface area (TPSA) is 102 Å². The van der Waals surface area contributed by atoms with Crippen LogP contribution in [0.4, 0.5) is 5.69 Å². The van der Waals surface area contributed by atoms with Gasteiger partial charge in [-0.3, -0.25) is 14.9 Å². The van der Waals surface area contributed by atoms with Crippen molar-refractivity contribution < 1.29 is 19.6 Å². The average Bonchev–Trinajstić information content (AvgIpc) is 2.28. The van der Waals surface area contributed by atoms with Crippen molar-refractivity contribution in [2.75, 3.05) is 13.1 Å². The van der Waals surface area contributed by atoms with Crippen molar-refractivity contribution in [3.8, 4) is 5.75 Å². The number of hydrogen-bond acceptors (Lipinski definition) is 5. The summed E-state index contributed by atoms with van der Waals surface area (Å²) in [7, 11) is 0. The highest BCUT2D eigenvalue weighted by Gasteiger charge is 2.42. The van der Waals surface area contributed by atoms with Crippen molar-refractivity contribution in [3.05, 3.63) is 33.3 Å². The lowest BCUT2D eigenvalue weighted by Gasteiger charge is -2.41. The molecule has 7 nitrogen and oxygen atoms in total. The second kappa shape index (κ2) is 5.02. The number of nitrogens with one attached hydrogen (secondary N) is 1. The van der Waals surface area contributed by atoms with Crippen molar-refractivity contribution in [3.63, 3.8) is 0 Å². The van der Waals surface area contributed by atoms with E-state index in [2.05, 4.69) is 5.32 Å². The Bertz CT molecular complexity index is 530. The van der Waals surface area contributed by atoms with E-state index in [1.165, 1.54) is 18.2 Å². The lowest BCUT2D eigenvalue weighted by molar-refractivity contribution is -0.385. The summed E-state index contributed by atoms with van der Waals surface area (Å²) in [6.07, 6.45) is -0.195. The molecule has 0 unspecified atom stereocenters. The molecule has 8 heteroatoms. The molecule has 1 aliphatic rings. The fraction of sp³-hybridized carbons (Fsp3) is 0.364. The molecule has 2 rings (SSSR count). The Morgan fingerprint density at radius 3 is 2.74 bits per heavy atom. The maximum atomic E-state index is 10.8. The summed E-state index contributed by atoms with van der Waals surface area (Å²) in [4.78, 5) is 20.9. The molecular formula is C11H11ClN2O5. The summed E-state index contributed by atoms with van der Waals surface area (Å²) < 4.78 is 5.59. The van der Waals surface area contributed by atoms with Crippen molar-refractivity contribution in [1.29, 1.82) is 0 Å². The minimum absolute atomic E-state index is 0.124. The lowest BCUT2D eigenvalue weighted by Crippen LogP contribution is -2.64. The molecule has 1 aliphatic heterocycles. The number of non-ortho nitro benzene ring substituents is 1. The minimum atomic E-state index is -0.997. The van der Waals surface area contributed by atoms with E-state index in [1.807, 2.05) is 0 Å². The van der Waals surface area contributed by atoms with Gasteiger partial charge in [0.1, 0.15) is 11.4 Å². The van der Waals surface area contributed by atoms with E-state index in [1.54, 1.807) is 0 Å². The summed E-state index contributed by atoms with van der Waals surface area (Å²) in [5, 5.41) is 22.7. The molecule has 2 N–H and O–H groups in total. The SMILES string of the molecule is O=C(O)CC1(Oc2cc([N+](=O)[O-])ccc2Cl)CNC1. The number of hydrogen-bond donors (Lipinski definition) is 2. The highest BCUT2D eigenvalue weighted by molar-refractivity contribution is 6.32. The molecule has 1 aromatic carbocycles. The normalized spacial score (nSPS) is 16.5. The fourth-order valence-electron chi connectivity index (χ4n) is 1.83. The average molecular weight is 287 g/mol. The monoisotopic (exact) mass is 286 g/mol. The van der Waals surface area contributed by atoms with Gasteiger partial charge in [0.05, 0.1) is 22.4 Å². The molecule has 0 saturated carbocycles. The first kappa shape index (κ1) is 13.6. The number of benzene rings is 1. The summed E-state index contributed by atoms with van der Waals surface area (Å²) in [6.45, 7) is 0.719. The highest BCUT2D eigenvalue weighted by atomic mass is 35.5. The standard InChI is InChI=1S/C11H11ClN2O5/c12-8-2-1-7(14(17)18)3-9(8)19-11(4-10(15)16)5-13-6-11/h1-3,13H,4-6H2,(H,15,16). The van der Waals surface area contributed by atoms with Crippen LogP contribution in [0.15, 0.2) is 18.2 Å². The number of carboxylic acid groups (broad SMARTS) is 1. The molecule has 0 aromatic heterocycles. The van der Waals surface area contributed by atoms with Crippen LogP contribution in [0.3, 0.4) is 0 Å². The van der Waals surface area contributed by atoms with Crippen LogP contribution in [0.25, 0.3) is 0 Å². The Kier molecular flexibility index (Phi) is 3.59. The molecule has 0 radical (unpaired) electrons. The van der Waals surface area contributed by atoms with Crippen LogP contribution < -0.4 is 10.1 Å². The second-order valence-electron chi connectivity index (χ2n) is 4.33. The van der Waals surface area contributed by atoms with Crippen LogP contribution in [0, 0.1) is 10.1 Å². The van der Waals surface area contributed by atoms with Crippen molar-refractivity contribution >= 4 is 23.3 Å². The van der Waals surface area contributed by atoms with Crippen LogP contribution in [-0.2, 0) is 4.79 Å². The van der Waals surface area contributed by atoms with E-state index in [9.17, 15) is 14.9 Å². The van der Waals surface area contributed by atoms with Gasteiger partial charge >= 0.3 is 5.97 Å². The largest absolute Gasteiger partial charge is 0.482 e. The maximum Gasteiger partial charge on any atom is 0.307 e. The zero-order valence-corrected chi connectivity index (χ0v) is 10.5. The maximum absolute atomic E-state index is 10.8. The molecule has 1 fully saturated rings. The third-order valence-corrected chi connectivity index (χ3v) is 3.13. The molecule has 1 saturated heterocycles. The summed E-state index contributed by atoms with van der Waals surface area (Å²) in [5.74, 6) is -0.873. The number of nitro groups is 1. The summed E-state index contributed by atoms with van der Waals surface area (Å²) in [5.41, 5.74) is -1.05. The van der Waals surface area contributed by atoms with E-state index >= 15 is 0 Å². The van der Waals surface area contributed by atoms with E-state index < -0.39 is 16.5 Å². The molecule has 0 amide bonds. The van der Waals surface area contributed by atoms with Crippen LogP contribution in [0.2, 0.25) is 5.02 Å². The van der Waals surface area contributed by atoms with E-state index in [0.29, 0.717) is 13.1 Å². The molecule has 0 spiro atoms. The molecule has 102 valence electrons. The number of rotatable bonds is 5. The Labute approximate surface area is 113 Å². The molecular weight excluding hydrogens is 276 g/mol. The summed E-state index contributed by atoms with van der Waals surface area (Å²) >= 11 is 5.91. The Balaban J connectivity index is 2.24. The van der Waals surface area contributed by atoms with Crippen LogP contribution >= 0.6 is 11.6 Å². The predicted molar refractivity (Wildman–Crippen MR) is 66.6 cm³/mol. The minimum Gasteiger partial charge on any atom is -0.482 e. The number of nitrogens with zero attached hydrogens (tertiary/aromatic N) is 1. The van der Waals surface area contributed by atoms with Gasteiger partial charge in [-0.25, -0.2) is 0 Å². The van der Waals surface area contributed by atoms with Gasteiger partial charge in [0.15, 0.2) is 0 Å². The fourth-order valence-corrected chi connectivity index (χ4v) is 1.99. The van der Waals surface area contributed by atoms with Crippen LogP contribution in [-0.4, -0.2) is 34.7 Å². The first-order valence-electron chi connectivity index (χ1n) is 5.47. The smallest absolute Gasteiger partial charge is 0.307 e. The van der Waals surface area contributed by atoms with Gasteiger partial charge in [-0.05, 0) is 6.07 Å². The van der Waals surface area contributed by atoms with Crippen molar-refractivity contribution in [2.45, 2.75) is 12.0 Å². The van der Waals surface area contributed by atoms with Gasteiger partial charge in [0.25, 0.3) is 5.69 Å². The zero-order chi connectivity index (χ0) is 14.0. The Morgan fingerprint density at radius 1 is 1.58 bits per heavy atom. The Hall–Kier alpha value is -1.86. The molecule has 1 aromatic rings. The number of carbonyl (C=O) groups is 1. The number of halogens is 1.